The maximum atomic E-state index is 12.8. The number of aryl methyl sites for hydroxylation is 1. The van der Waals surface area contributed by atoms with Crippen LogP contribution in [0, 0.1) is 10.5 Å². The molecule has 2 rings (SSSR count). The van der Waals surface area contributed by atoms with E-state index in [1.165, 1.54) is 12.1 Å². The number of nitrogens with one attached hydrogen (secondary N) is 1. The van der Waals surface area contributed by atoms with Crippen molar-refractivity contribution in [2.45, 2.75) is 19.8 Å². The number of nitrogens with zero attached hydrogens (tertiary/aromatic N) is 1. The lowest BCUT2D eigenvalue weighted by Gasteiger charge is -2.07. The zero-order valence-corrected chi connectivity index (χ0v) is 12.2. The minimum Gasteiger partial charge on any atom is -0.346 e. The monoisotopic (exact) mass is 326 g/mol. The molecular weight excluding hydrogens is 315 g/mol. The third-order valence-corrected chi connectivity index (χ3v) is 4.03. The molecule has 0 saturated heterocycles. The quantitative estimate of drug-likeness (QED) is 0.856. The van der Waals surface area contributed by atoms with Crippen LogP contribution in [0.25, 0.3) is 0 Å². The van der Waals surface area contributed by atoms with Crippen LogP contribution in [0.3, 0.4) is 0 Å². The van der Waals surface area contributed by atoms with Crippen LogP contribution < -0.4 is 0 Å². The Morgan fingerprint density at radius 1 is 1.33 bits per heavy atom. The Morgan fingerprint density at radius 3 is 2.61 bits per heavy atom. The van der Waals surface area contributed by atoms with Gasteiger partial charge < -0.3 is 4.98 Å². The lowest BCUT2D eigenvalue weighted by molar-refractivity contribution is 0.627. The van der Waals surface area contributed by atoms with E-state index in [4.69, 9.17) is 12.2 Å². The van der Waals surface area contributed by atoms with Crippen molar-refractivity contribution >= 4 is 28.1 Å². The average molecular weight is 327 g/mol. The molecule has 1 aromatic heterocycles. The molecule has 0 aliphatic carbocycles. The van der Waals surface area contributed by atoms with Crippen molar-refractivity contribution in [3.8, 4) is 0 Å². The summed E-state index contributed by atoms with van der Waals surface area (Å²) in [5.41, 5.74) is 2.03. The Morgan fingerprint density at radius 2 is 2.00 bits per heavy atom. The Labute approximate surface area is 118 Å². The first-order chi connectivity index (χ1) is 8.60. The number of benzene rings is 1. The highest BCUT2D eigenvalue weighted by Gasteiger charge is 2.05. The summed E-state index contributed by atoms with van der Waals surface area (Å²) in [6.45, 7) is 2.05. The van der Waals surface area contributed by atoms with Gasteiger partial charge >= 0.3 is 0 Å². The second-order valence-corrected chi connectivity index (χ2v) is 5.12. The molecule has 0 aliphatic heterocycles. The highest BCUT2D eigenvalue weighted by atomic mass is 79.9. The van der Waals surface area contributed by atoms with Gasteiger partial charge in [-0.2, -0.15) is 0 Å². The lowest BCUT2D eigenvalue weighted by Crippen LogP contribution is -2.02. The molecule has 94 valence electrons. The fraction of sp³-hybridized carbons (Fsp3) is 0.231. The largest absolute Gasteiger partial charge is 0.346 e. The first-order valence-electron chi connectivity index (χ1n) is 5.62. The van der Waals surface area contributed by atoms with Crippen molar-refractivity contribution < 1.29 is 4.39 Å². The van der Waals surface area contributed by atoms with Crippen LogP contribution in [0.1, 0.15) is 24.0 Å². The van der Waals surface area contributed by atoms with E-state index < -0.39 is 0 Å². The molecule has 0 radical (unpaired) electrons. The molecule has 1 aromatic carbocycles. The topological polar surface area (TPSA) is 28.7 Å². The standard InChI is InChI=1S/C13H12BrFN2S/c1-2-10-12(14)13(18)17-11(16-10)7-8-3-5-9(15)6-4-8/h3-6H,2,7H2,1H3,(H,16,17,18). The minimum atomic E-state index is -0.232. The van der Waals surface area contributed by atoms with Crippen molar-refractivity contribution in [3.63, 3.8) is 0 Å². The molecule has 0 spiro atoms. The number of rotatable bonds is 3. The zero-order chi connectivity index (χ0) is 13.1. The Kier molecular flexibility index (Phi) is 4.24. The predicted octanol–water partition coefficient (Wildman–Crippen LogP) is 4.19. The van der Waals surface area contributed by atoms with Crippen molar-refractivity contribution in [2.24, 2.45) is 0 Å². The summed E-state index contributed by atoms with van der Waals surface area (Å²) in [6, 6.07) is 6.40. The fourth-order valence-electron chi connectivity index (χ4n) is 1.68. The third-order valence-electron chi connectivity index (χ3n) is 2.62. The first-order valence-corrected chi connectivity index (χ1v) is 6.82. The van der Waals surface area contributed by atoms with Gasteiger partial charge in [-0.1, -0.05) is 31.3 Å². The van der Waals surface area contributed by atoms with Gasteiger partial charge in [0.1, 0.15) is 16.3 Å². The SMILES string of the molecule is CCc1[nH]c(Cc2ccc(F)cc2)nc(=S)c1Br. The molecule has 0 unspecified atom stereocenters. The Bertz CT molecular complexity index is 607. The Hall–Kier alpha value is -1.07. The summed E-state index contributed by atoms with van der Waals surface area (Å²) in [5, 5.41) is 0. The molecule has 2 aromatic rings. The van der Waals surface area contributed by atoms with E-state index >= 15 is 0 Å². The maximum absolute atomic E-state index is 12.8. The molecule has 1 heterocycles. The van der Waals surface area contributed by atoms with Gasteiger partial charge in [-0.3, -0.25) is 0 Å². The van der Waals surface area contributed by atoms with Gasteiger partial charge in [0.2, 0.25) is 0 Å². The summed E-state index contributed by atoms with van der Waals surface area (Å²) in [4.78, 5) is 7.57. The minimum absolute atomic E-state index is 0.232. The highest BCUT2D eigenvalue weighted by molar-refractivity contribution is 9.10. The van der Waals surface area contributed by atoms with Gasteiger partial charge in [0.05, 0.1) is 4.47 Å². The van der Waals surface area contributed by atoms with Gasteiger partial charge in [-0.15, -0.1) is 0 Å². The Balaban J connectivity index is 2.32. The third kappa shape index (κ3) is 3.03. The van der Waals surface area contributed by atoms with Crippen LogP contribution >= 0.6 is 28.1 Å². The molecule has 0 saturated carbocycles. The van der Waals surface area contributed by atoms with Gasteiger partial charge in [-0.05, 0) is 40.0 Å². The fourth-order valence-corrected chi connectivity index (χ4v) is 2.38. The molecule has 18 heavy (non-hydrogen) atoms. The lowest BCUT2D eigenvalue weighted by atomic mass is 10.1. The van der Waals surface area contributed by atoms with Gasteiger partial charge in [0.15, 0.2) is 0 Å². The molecule has 0 atom stereocenters. The molecule has 0 aliphatic rings. The van der Waals surface area contributed by atoms with Crippen LogP contribution in [-0.4, -0.2) is 9.97 Å². The van der Waals surface area contributed by atoms with Crippen LogP contribution in [0.5, 0.6) is 0 Å². The molecule has 0 fully saturated rings. The summed E-state index contributed by atoms with van der Waals surface area (Å²) >= 11 is 8.62. The van der Waals surface area contributed by atoms with E-state index in [1.807, 2.05) is 6.92 Å². The molecule has 5 heteroatoms. The van der Waals surface area contributed by atoms with Crippen molar-refractivity contribution in [1.82, 2.24) is 9.97 Å². The first kappa shape index (κ1) is 13.4. The van der Waals surface area contributed by atoms with E-state index in [2.05, 4.69) is 25.9 Å². The highest BCUT2D eigenvalue weighted by Crippen LogP contribution is 2.17. The van der Waals surface area contributed by atoms with Gasteiger partial charge in [0.25, 0.3) is 0 Å². The number of hydrogen-bond acceptors (Lipinski definition) is 2. The van der Waals surface area contributed by atoms with E-state index in [0.717, 1.165) is 28.0 Å². The molecule has 0 amide bonds. The van der Waals surface area contributed by atoms with Crippen LogP contribution in [0.15, 0.2) is 28.7 Å². The van der Waals surface area contributed by atoms with Crippen molar-refractivity contribution in [3.05, 3.63) is 56.3 Å². The van der Waals surface area contributed by atoms with E-state index in [9.17, 15) is 4.39 Å². The summed E-state index contributed by atoms with van der Waals surface area (Å²) in [7, 11) is 0. The van der Waals surface area contributed by atoms with Gasteiger partial charge in [-0.25, -0.2) is 9.37 Å². The molecule has 0 bridgehead atoms. The number of halogens is 2. The van der Waals surface area contributed by atoms with Crippen LogP contribution in [0.4, 0.5) is 4.39 Å². The summed E-state index contributed by atoms with van der Waals surface area (Å²) < 4.78 is 14.2. The predicted molar refractivity (Wildman–Crippen MR) is 75.7 cm³/mol. The van der Waals surface area contributed by atoms with E-state index in [-0.39, 0.29) is 5.82 Å². The maximum Gasteiger partial charge on any atom is 0.144 e. The van der Waals surface area contributed by atoms with E-state index in [1.54, 1.807) is 12.1 Å². The normalized spacial score (nSPS) is 10.6. The van der Waals surface area contributed by atoms with Gasteiger partial charge in [0, 0.05) is 12.1 Å². The molecule has 2 nitrogen and oxygen atoms in total. The summed E-state index contributed by atoms with van der Waals surface area (Å²) in [5.74, 6) is 0.566. The number of aromatic amines is 1. The molecule has 1 N–H and O–H groups in total. The molecular formula is C13H12BrFN2S. The summed E-state index contributed by atoms with van der Waals surface area (Å²) in [6.07, 6.45) is 1.47. The van der Waals surface area contributed by atoms with E-state index in [0.29, 0.717) is 11.1 Å². The smallest absolute Gasteiger partial charge is 0.144 e. The second kappa shape index (κ2) is 5.71. The number of hydrogen-bond donors (Lipinski definition) is 1. The van der Waals surface area contributed by atoms with Crippen molar-refractivity contribution in [2.75, 3.05) is 0 Å². The van der Waals surface area contributed by atoms with Crippen LogP contribution in [0.2, 0.25) is 0 Å². The van der Waals surface area contributed by atoms with Crippen LogP contribution in [-0.2, 0) is 12.8 Å². The zero-order valence-electron chi connectivity index (χ0n) is 9.84. The number of aromatic nitrogens is 2. The average Bonchev–Trinajstić information content (AvgIpc) is 2.36. The number of H-pyrrole nitrogens is 1. The van der Waals surface area contributed by atoms with Crippen molar-refractivity contribution in [1.29, 1.82) is 0 Å². The second-order valence-electron chi connectivity index (χ2n) is 3.94.